The first-order valence-corrected chi connectivity index (χ1v) is 11.2. The molecule has 5 rings (SSSR count). The molecule has 0 radical (unpaired) electrons. The minimum Gasteiger partial charge on any atom is -0.457 e. The van der Waals surface area contributed by atoms with Crippen LogP contribution in [0, 0.1) is 6.92 Å². The Bertz CT molecular complexity index is 1290. The molecule has 5 nitrogen and oxygen atoms in total. The second-order valence-corrected chi connectivity index (χ2v) is 8.32. The summed E-state index contributed by atoms with van der Waals surface area (Å²) in [4.78, 5) is 18.9. The van der Waals surface area contributed by atoms with Crippen molar-refractivity contribution in [3.8, 4) is 11.5 Å². The van der Waals surface area contributed by atoms with E-state index in [0.717, 1.165) is 52.3 Å². The fourth-order valence-corrected chi connectivity index (χ4v) is 4.52. The van der Waals surface area contributed by atoms with Gasteiger partial charge in [0.25, 0.3) is 0 Å². The molecule has 0 N–H and O–H groups in total. The smallest absolute Gasteiger partial charge is 0.304 e. The monoisotopic (exact) mass is 438 g/mol. The zero-order chi connectivity index (χ0) is 22.8. The first-order chi connectivity index (χ1) is 16.1. The van der Waals surface area contributed by atoms with Crippen molar-refractivity contribution in [1.82, 2.24) is 4.98 Å². The highest BCUT2D eigenvalue weighted by Crippen LogP contribution is 2.41. The minimum atomic E-state index is -0.342. The Morgan fingerprint density at radius 3 is 2.45 bits per heavy atom. The van der Waals surface area contributed by atoms with Crippen molar-refractivity contribution in [3.63, 3.8) is 0 Å². The van der Waals surface area contributed by atoms with Crippen LogP contribution in [0.5, 0.6) is 11.5 Å². The highest BCUT2D eigenvalue weighted by atomic mass is 16.6. The number of hydrogen-bond acceptors (Lipinski definition) is 5. The SMILES string of the molecule is CC(=O)OC1Cc2c(C)nc3ccc(Oc4ccccc4)cc3c2N1CCc1ccccc1. The second-order valence-electron chi connectivity index (χ2n) is 8.32. The summed E-state index contributed by atoms with van der Waals surface area (Å²) in [6, 6.07) is 26.1. The maximum Gasteiger partial charge on any atom is 0.304 e. The molecule has 0 saturated heterocycles. The van der Waals surface area contributed by atoms with Crippen LogP contribution in [0.2, 0.25) is 0 Å². The highest BCUT2D eigenvalue weighted by molar-refractivity contribution is 5.96. The van der Waals surface area contributed by atoms with Gasteiger partial charge in [0.15, 0.2) is 6.23 Å². The summed E-state index contributed by atoms with van der Waals surface area (Å²) in [7, 11) is 0. The van der Waals surface area contributed by atoms with Crippen molar-refractivity contribution in [3.05, 3.63) is 95.7 Å². The fourth-order valence-electron chi connectivity index (χ4n) is 4.52. The predicted molar refractivity (Wildman–Crippen MR) is 130 cm³/mol. The van der Waals surface area contributed by atoms with E-state index in [4.69, 9.17) is 14.5 Å². The number of carbonyl (C=O) groups is 1. The molecule has 0 spiro atoms. The lowest BCUT2D eigenvalue weighted by molar-refractivity contribution is -0.145. The number of hydrogen-bond donors (Lipinski definition) is 0. The van der Waals surface area contributed by atoms with Gasteiger partial charge in [-0.2, -0.15) is 0 Å². The molecule has 1 aliphatic heterocycles. The number of ether oxygens (including phenoxy) is 2. The number of aromatic nitrogens is 1. The van der Waals surface area contributed by atoms with Crippen molar-refractivity contribution < 1.29 is 14.3 Å². The van der Waals surface area contributed by atoms with Crippen LogP contribution in [0.1, 0.15) is 23.7 Å². The van der Waals surface area contributed by atoms with Gasteiger partial charge in [-0.05, 0) is 49.2 Å². The number of anilines is 1. The lowest BCUT2D eigenvalue weighted by Gasteiger charge is -2.28. The molecule has 1 aromatic heterocycles. The van der Waals surface area contributed by atoms with Crippen molar-refractivity contribution in [2.24, 2.45) is 0 Å². The van der Waals surface area contributed by atoms with Gasteiger partial charge in [0, 0.05) is 36.5 Å². The Hall–Kier alpha value is -3.86. The average Bonchev–Trinajstić information content (AvgIpc) is 3.18. The molecule has 166 valence electrons. The van der Waals surface area contributed by atoms with E-state index in [1.54, 1.807) is 0 Å². The third-order valence-electron chi connectivity index (χ3n) is 6.01. The molecule has 0 amide bonds. The van der Waals surface area contributed by atoms with Crippen molar-refractivity contribution >= 4 is 22.6 Å². The summed E-state index contributed by atoms with van der Waals surface area (Å²) in [5.41, 5.74) is 5.32. The maximum atomic E-state index is 11.9. The molecular formula is C28H26N2O3. The number of aryl methyl sites for hydroxylation is 1. The van der Waals surface area contributed by atoms with Crippen LogP contribution in [0.25, 0.3) is 10.9 Å². The van der Waals surface area contributed by atoms with Gasteiger partial charge in [-0.15, -0.1) is 0 Å². The first kappa shape index (κ1) is 21.0. The van der Waals surface area contributed by atoms with E-state index < -0.39 is 0 Å². The van der Waals surface area contributed by atoms with Gasteiger partial charge in [0.05, 0.1) is 11.2 Å². The zero-order valence-electron chi connectivity index (χ0n) is 18.8. The molecule has 1 atom stereocenters. The molecule has 5 heteroatoms. The number of para-hydroxylation sites is 1. The Labute approximate surface area is 193 Å². The minimum absolute atomic E-state index is 0.277. The number of rotatable bonds is 6. The molecule has 4 aromatic rings. The zero-order valence-corrected chi connectivity index (χ0v) is 18.8. The summed E-state index contributed by atoms with van der Waals surface area (Å²) >= 11 is 0. The van der Waals surface area contributed by atoms with Crippen LogP contribution in [0.4, 0.5) is 5.69 Å². The molecule has 0 fully saturated rings. The van der Waals surface area contributed by atoms with Gasteiger partial charge in [-0.1, -0.05) is 48.5 Å². The Morgan fingerprint density at radius 1 is 1.00 bits per heavy atom. The molecule has 3 aromatic carbocycles. The van der Waals surface area contributed by atoms with E-state index in [2.05, 4.69) is 17.0 Å². The van der Waals surface area contributed by atoms with Crippen LogP contribution in [-0.2, 0) is 22.4 Å². The Kier molecular flexibility index (Phi) is 5.69. The summed E-state index contributed by atoms with van der Waals surface area (Å²) in [5, 5.41) is 1.01. The lowest BCUT2D eigenvalue weighted by Crippen LogP contribution is -2.37. The number of benzene rings is 3. The normalized spacial score (nSPS) is 14.8. The molecule has 2 heterocycles. The van der Waals surface area contributed by atoms with Gasteiger partial charge in [0.1, 0.15) is 11.5 Å². The molecular weight excluding hydrogens is 412 g/mol. The van der Waals surface area contributed by atoms with E-state index in [1.165, 1.54) is 12.5 Å². The van der Waals surface area contributed by atoms with Crippen LogP contribution >= 0.6 is 0 Å². The Morgan fingerprint density at radius 2 is 1.73 bits per heavy atom. The average molecular weight is 439 g/mol. The van der Waals surface area contributed by atoms with Gasteiger partial charge < -0.3 is 14.4 Å². The fraction of sp³-hybridized carbons (Fsp3) is 0.214. The summed E-state index contributed by atoms with van der Waals surface area (Å²) in [6.07, 6.45) is 1.13. The number of esters is 1. The van der Waals surface area contributed by atoms with Crippen LogP contribution in [0.15, 0.2) is 78.9 Å². The second kappa shape index (κ2) is 8.94. The van der Waals surface area contributed by atoms with E-state index >= 15 is 0 Å². The van der Waals surface area contributed by atoms with E-state index in [0.29, 0.717) is 6.42 Å². The standard InChI is InChI=1S/C28H26N2O3/c1-19-24-18-27(32-20(2)31)30(16-15-21-9-5-3-6-10-21)28(24)25-17-23(13-14-26(25)29-19)33-22-11-7-4-8-12-22/h3-14,17,27H,15-16,18H2,1-2H3. The third-order valence-corrected chi connectivity index (χ3v) is 6.01. The van der Waals surface area contributed by atoms with Gasteiger partial charge >= 0.3 is 5.97 Å². The van der Waals surface area contributed by atoms with Crippen LogP contribution in [0.3, 0.4) is 0 Å². The number of fused-ring (bicyclic) bond motifs is 3. The maximum absolute atomic E-state index is 11.9. The summed E-state index contributed by atoms with van der Waals surface area (Å²) < 4.78 is 11.9. The highest BCUT2D eigenvalue weighted by Gasteiger charge is 2.34. The van der Waals surface area contributed by atoms with E-state index in [-0.39, 0.29) is 12.2 Å². The first-order valence-electron chi connectivity index (χ1n) is 11.2. The molecule has 0 bridgehead atoms. The quantitative estimate of drug-likeness (QED) is 0.355. The van der Waals surface area contributed by atoms with Crippen molar-refractivity contribution in [1.29, 1.82) is 0 Å². The van der Waals surface area contributed by atoms with Crippen LogP contribution < -0.4 is 9.64 Å². The number of carbonyl (C=O) groups excluding carboxylic acids is 1. The number of nitrogens with zero attached hydrogens (tertiary/aromatic N) is 2. The molecule has 1 aliphatic rings. The summed E-state index contributed by atoms with van der Waals surface area (Å²) in [5.74, 6) is 1.26. The predicted octanol–water partition coefficient (Wildman–Crippen LogP) is 5.83. The van der Waals surface area contributed by atoms with Crippen molar-refractivity contribution in [2.45, 2.75) is 32.9 Å². The van der Waals surface area contributed by atoms with E-state index in [1.807, 2.05) is 73.7 Å². The lowest BCUT2D eigenvalue weighted by atomic mass is 10.1. The topological polar surface area (TPSA) is 51.7 Å². The molecule has 33 heavy (non-hydrogen) atoms. The molecule has 1 unspecified atom stereocenters. The third kappa shape index (κ3) is 4.40. The van der Waals surface area contributed by atoms with E-state index in [9.17, 15) is 4.79 Å². The van der Waals surface area contributed by atoms with Crippen molar-refractivity contribution in [2.75, 3.05) is 11.4 Å². The number of pyridine rings is 1. The van der Waals surface area contributed by atoms with Gasteiger partial charge in [0.2, 0.25) is 0 Å². The molecule has 0 aliphatic carbocycles. The largest absolute Gasteiger partial charge is 0.457 e. The van der Waals surface area contributed by atoms with Crippen LogP contribution in [-0.4, -0.2) is 23.7 Å². The Balaban J connectivity index is 1.56. The van der Waals surface area contributed by atoms with Gasteiger partial charge in [-0.3, -0.25) is 9.78 Å². The van der Waals surface area contributed by atoms with Gasteiger partial charge in [-0.25, -0.2) is 0 Å². The summed E-state index contributed by atoms with van der Waals surface area (Å²) in [6.45, 7) is 4.23. The molecule has 0 saturated carbocycles.